The van der Waals surface area contributed by atoms with Crippen LogP contribution in [0.2, 0.25) is 0 Å². The number of aryl methyl sites for hydroxylation is 1. The van der Waals surface area contributed by atoms with Crippen LogP contribution in [-0.4, -0.2) is 16.4 Å². The van der Waals surface area contributed by atoms with Crippen molar-refractivity contribution in [2.24, 2.45) is 5.73 Å². The third kappa shape index (κ3) is 4.12. The van der Waals surface area contributed by atoms with E-state index in [2.05, 4.69) is 5.32 Å². The number of hydrogen-bond acceptors (Lipinski definition) is 3. The molecule has 1 heterocycles. The molecule has 2 aromatic carbocycles. The van der Waals surface area contributed by atoms with Crippen LogP contribution in [0, 0.1) is 6.92 Å². The van der Waals surface area contributed by atoms with Gasteiger partial charge in [0.25, 0.3) is 17.4 Å². The number of amides is 2. The minimum absolute atomic E-state index is 0.00979. The van der Waals surface area contributed by atoms with E-state index in [-0.39, 0.29) is 16.8 Å². The molecule has 136 valence electrons. The highest BCUT2D eigenvalue weighted by Gasteiger charge is 2.15. The van der Waals surface area contributed by atoms with Crippen molar-refractivity contribution in [2.75, 3.05) is 5.32 Å². The Labute approximate surface area is 156 Å². The summed E-state index contributed by atoms with van der Waals surface area (Å²) in [5.74, 6) is -1.25. The maximum Gasteiger partial charge on any atom is 0.263 e. The largest absolute Gasteiger partial charge is 0.366 e. The Morgan fingerprint density at radius 2 is 1.74 bits per heavy atom. The zero-order valence-corrected chi connectivity index (χ0v) is 14.8. The minimum Gasteiger partial charge on any atom is -0.366 e. The van der Waals surface area contributed by atoms with Crippen molar-refractivity contribution in [3.63, 3.8) is 0 Å². The SMILES string of the molecule is Cc1cccc(Cn2cccc(C(=O)Nc3ccccc3C(N)=O)c2=O)c1. The van der Waals surface area contributed by atoms with Crippen LogP contribution in [-0.2, 0) is 6.54 Å². The third-order valence-electron chi connectivity index (χ3n) is 4.14. The summed E-state index contributed by atoms with van der Waals surface area (Å²) in [7, 11) is 0. The fraction of sp³-hybridized carbons (Fsp3) is 0.0952. The van der Waals surface area contributed by atoms with Gasteiger partial charge >= 0.3 is 0 Å². The summed E-state index contributed by atoms with van der Waals surface area (Å²) in [5, 5.41) is 2.60. The van der Waals surface area contributed by atoms with Crippen molar-refractivity contribution in [2.45, 2.75) is 13.5 Å². The lowest BCUT2D eigenvalue weighted by Crippen LogP contribution is -2.29. The van der Waals surface area contributed by atoms with E-state index in [0.29, 0.717) is 6.54 Å². The number of pyridine rings is 1. The van der Waals surface area contributed by atoms with Crippen molar-refractivity contribution in [1.29, 1.82) is 0 Å². The van der Waals surface area contributed by atoms with Crippen LogP contribution < -0.4 is 16.6 Å². The molecule has 0 spiro atoms. The molecule has 27 heavy (non-hydrogen) atoms. The Kier molecular flexibility index (Phi) is 5.17. The average Bonchev–Trinajstić information content (AvgIpc) is 2.63. The van der Waals surface area contributed by atoms with E-state index in [1.807, 2.05) is 31.2 Å². The van der Waals surface area contributed by atoms with Crippen LogP contribution in [0.4, 0.5) is 5.69 Å². The van der Waals surface area contributed by atoms with Crippen LogP contribution in [0.15, 0.2) is 71.7 Å². The molecule has 0 aliphatic heterocycles. The van der Waals surface area contributed by atoms with Gasteiger partial charge in [0.15, 0.2) is 0 Å². The van der Waals surface area contributed by atoms with Gasteiger partial charge in [-0.1, -0.05) is 42.0 Å². The van der Waals surface area contributed by atoms with Crippen LogP contribution >= 0.6 is 0 Å². The Balaban J connectivity index is 1.88. The topological polar surface area (TPSA) is 94.2 Å². The number of benzene rings is 2. The number of hydrogen-bond donors (Lipinski definition) is 2. The maximum absolute atomic E-state index is 12.7. The first-order chi connectivity index (χ1) is 13.0. The van der Waals surface area contributed by atoms with Crippen LogP contribution in [0.25, 0.3) is 0 Å². The molecule has 0 aliphatic rings. The van der Waals surface area contributed by atoms with Gasteiger partial charge in [0.05, 0.1) is 17.8 Å². The molecule has 0 unspecified atom stereocenters. The van der Waals surface area contributed by atoms with E-state index in [1.165, 1.54) is 16.7 Å². The number of primary amides is 1. The summed E-state index contributed by atoms with van der Waals surface area (Å²) in [6, 6.07) is 17.3. The molecule has 6 heteroatoms. The minimum atomic E-state index is -0.657. The first-order valence-corrected chi connectivity index (χ1v) is 8.41. The molecule has 3 N–H and O–H groups in total. The van der Waals surface area contributed by atoms with E-state index >= 15 is 0 Å². The molecule has 1 aromatic heterocycles. The molecule has 0 atom stereocenters. The van der Waals surface area contributed by atoms with Gasteiger partial charge in [-0.25, -0.2) is 0 Å². The van der Waals surface area contributed by atoms with Gasteiger partial charge < -0.3 is 15.6 Å². The van der Waals surface area contributed by atoms with Crippen molar-refractivity contribution >= 4 is 17.5 Å². The molecule has 0 aliphatic carbocycles. The third-order valence-corrected chi connectivity index (χ3v) is 4.14. The number of carbonyl (C=O) groups is 2. The Hall–Kier alpha value is -3.67. The molecule has 0 saturated heterocycles. The van der Waals surface area contributed by atoms with E-state index < -0.39 is 17.4 Å². The normalized spacial score (nSPS) is 10.4. The summed E-state index contributed by atoms with van der Waals surface area (Å²) in [4.78, 5) is 36.8. The zero-order valence-electron chi connectivity index (χ0n) is 14.8. The van der Waals surface area contributed by atoms with Crippen LogP contribution in [0.3, 0.4) is 0 Å². The molecule has 2 amide bonds. The van der Waals surface area contributed by atoms with Gasteiger partial charge in [0.2, 0.25) is 0 Å². The van der Waals surface area contributed by atoms with Crippen LogP contribution in [0.1, 0.15) is 31.8 Å². The summed E-state index contributed by atoms with van der Waals surface area (Å²) >= 11 is 0. The second kappa shape index (κ2) is 7.70. The van der Waals surface area contributed by atoms with E-state index in [4.69, 9.17) is 5.73 Å². The molecule has 3 aromatic rings. The summed E-state index contributed by atoms with van der Waals surface area (Å²) in [6.07, 6.45) is 1.64. The summed E-state index contributed by atoms with van der Waals surface area (Å²) in [6.45, 7) is 2.34. The molecule has 0 bridgehead atoms. The zero-order chi connectivity index (χ0) is 19.4. The van der Waals surface area contributed by atoms with Gasteiger partial charge in [0.1, 0.15) is 5.56 Å². The highest BCUT2D eigenvalue weighted by atomic mass is 16.2. The molecular weight excluding hydrogens is 342 g/mol. The highest BCUT2D eigenvalue weighted by Crippen LogP contribution is 2.15. The number of carbonyl (C=O) groups excluding carboxylic acids is 2. The van der Waals surface area contributed by atoms with Crippen molar-refractivity contribution < 1.29 is 9.59 Å². The molecule has 0 saturated carbocycles. The fourth-order valence-electron chi connectivity index (χ4n) is 2.84. The second-order valence-corrected chi connectivity index (χ2v) is 6.21. The molecule has 0 fully saturated rings. The number of para-hydroxylation sites is 1. The maximum atomic E-state index is 12.7. The number of anilines is 1. The predicted octanol–water partition coefficient (Wildman–Crippen LogP) is 2.56. The lowest BCUT2D eigenvalue weighted by atomic mass is 10.1. The smallest absolute Gasteiger partial charge is 0.263 e. The Morgan fingerprint density at radius 1 is 1.00 bits per heavy atom. The molecule has 6 nitrogen and oxygen atoms in total. The van der Waals surface area contributed by atoms with Gasteiger partial charge in [-0.2, -0.15) is 0 Å². The van der Waals surface area contributed by atoms with Gasteiger partial charge in [-0.05, 0) is 36.8 Å². The number of nitrogens with two attached hydrogens (primary N) is 1. The van der Waals surface area contributed by atoms with E-state index in [9.17, 15) is 14.4 Å². The molecule has 0 radical (unpaired) electrons. The van der Waals surface area contributed by atoms with Crippen LogP contribution in [0.5, 0.6) is 0 Å². The lowest BCUT2D eigenvalue weighted by Gasteiger charge is -2.11. The van der Waals surface area contributed by atoms with Crippen molar-refractivity contribution in [3.05, 3.63) is 99.5 Å². The first-order valence-electron chi connectivity index (χ1n) is 8.41. The Morgan fingerprint density at radius 3 is 2.48 bits per heavy atom. The summed E-state index contributed by atoms with van der Waals surface area (Å²) < 4.78 is 1.48. The quantitative estimate of drug-likeness (QED) is 0.731. The number of nitrogens with zero attached hydrogens (tertiary/aromatic N) is 1. The van der Waals surface area contributed by atoms with Crippen molar-refractivity contribution in [1.82, 2.24) is 4.57 Å². The predicted molar refractivity (Wildman–Crippen MR) is 104 cm³/mol. The van der Waals surface area contributed by atoms with E-state index in [0.717, 1.165) is 11.1 Å². The average molecular weight is 361 g/mol. The monoisotopic (exact) mass is 361 g/mol. The molecular formula is C21H19N3O3. The van der Waals surface area contributed by atoms with E-state index in [1.54, 1.807) is 30.5 Å². The second-order valence-electron chi connectivity index (χ2n) is 6.21. The van der Waals surface area contributed by atoms with Gasteiger partial charge in [-0.15, -0.1) is 0 Å². The Bertz CT molecular complexity index is 1070. The van der Waals surface area contributed by atoms with Gasteiger partial charge in [0, 0.05) is 6.20 Å². The summed E-state index contributed by atoms with van der Waals surface area (Å²) in [5.41, 5.74) is 7.42. The fourth-order valence-corrected chi connectivity index (χ4v) is 2.84. The highest BCUT2D eigenvalue weighted by molar-refractivity contribution is 6.08. The number of rotatable bonds is 5. The van der Waals surface area contributed by atoms with Crippen molar-refractivity contribution in [3.8, 4) is 0 Å². The van der Waals surface area contributed by atoms with Gasteiger partial charge in [-0.3, -0.25) is 14.4 Å². The number of aromatic nitrogens is 1. The standard InChI is InChI=1S/C21H19N3O3/c1-14-6-4-7-15(12-14)13-24-11-5-9-17(21(24)27)20(26)23-18-10-3-2-8-16(18)19(22)25/h2-12H,13H2,1H3,(H2,22,25)(H,23,26). The lowest BCUT2D eigenvalue weighted by molar-refractivity contribution is 0.100. The molecule has 3 rings (SSSR count). The first kappa shape index (κ1) is 18.1. The number of nitrogens with one attached hydrogen (secondary N) is 1.